The summed E-state index contributed by atoms with van der Waals surface area (Å²) in [5, 5.41) is 5.42. The average Bonchev–Trinajstić information content (AvgIpc) is 2.47. The van der Waals surface area contributed by atoms with E-state index in [2.05, 4.69) is 15.6 Å². The number of aromatic nitrogens is 1. The lowest BCUT2D eigenvalue weighted by molar-refractivity contribution is -0.114. The van der Waals surface area contributed by atoms with E-state index < -0.39 is 0 Å². The van der Waals surface area contributed by atoms with Crippen molar-refractivity contribution in [1.82, 2.24) is 4.98 Å². The van der Waals surface area contributed by atoms with E-state index in [0.29, 0.717) is 11.6 Å². The summed E-state index contributed by atoms with van der Waals surface area (Å²) in [7, 11) is 0. The molecule has 0 saturated heterocycles. The minimum absolute atomic E-state index is 0.106. The Hall–Kier alpha value is -2.34. The number of pyridine rings is 1. The molecule has 2 amide bonds. The SMILES string of the molecule is CC(=O)Nc1ccc(SCC(=O)Nc2ccccn2)cc1. The summed E-state index contributed by atoms with van der Waals surface area (Å²) in [5.74, 6) is 0.634. The fraction of sp³-hybridized carbons (Fsp3) is 0.133. The summed E-state index contributed by atoms with van der Waals surface area (Å²) < 4.78 is 0. The molecule has 0 aliphatic heterocycles. The number of amides is 2. The first-order valence-corrected chi connectivity index (χ1v) is 7.33. The van der Waals surface area contributed by atoms with Gasteiger partial charge in [-0.15, -0.1) is 11.8 Å². The van der Waals surface area contributed by atoms with Crippen molar-refractivity contribution in [2.45, 2.75) is 11.8 Å². The lowest BCUT2D eigenvalue weighted by atomic mass is 10.3. The third-order valence-electron chi connectivity index (χ3n) is 2.48. The molecular weight excluding hydrogens is 286 g/mol. The van der Waals surface area contributed by atoms with Gasteiger partial charge >= 0.3 is 0 Å². The molecule has 1 heterocycles. The zero-order valence-corrected chi connectivity index (χ0v) is 12.3. The second-order valence-electron chi connectivity index (χ2n) is 4.26. The molecule has 2 N–H and O–H groups in total. The van der Waals surface area contributed by atoms with Gasteiger partial charge in [-0.3, -0.25) is 9.59 Å². The molecule has 0 radical (unpaired) electrons. The van der Waals surface area contributed by atoms with Crippen molar-refractivity contribution in [3.05, 3.63) is 48.7 Å². The van der Waals surface area contributed by atoms with Crippen molar-refractivity contribution in [2.24, 2.45) is 0 Å². The van der Waals surface area contributed by atoms with E-state index >= 15 is 0 Å². The molecule has 0 saturated carbocycles. The van der Waals surface area contributed by atoms with Crippen LogP contribution in [0, 0.1) is 0 Å². The summed E-state index contributed by atoms with van der Waals surface area (Å²) in [4.78, 5) is 27.7. The minimum atomic E-state index is -0.107. The number of carbonyl (C=O) groups excluding carboxylic acids is 2. The topological polar surface area (TPSA) is 71.1 Å². The number of thioether (sulfide) groups is 1. The largest absolute Gasteiger partial charge is 0.326 e. The summed E-state index contributed by atoms with van der Waals surface area (Å²) in [5.41, 5.74) is 0.741. The van der Waals surface area contributed by atoms with Gasteiger partial charge in [0.2, 0.25) is 11.8 Å². The predicted octanol–water partition coefficient (Wildman–Crippen LogP) is 2.77. The first-order chi connectivity index (χ1) is 10.1. The third-order valence-corrected chi connectivity index (χ3v) is 3.49. The summed E-state index contributed by atoms with van der Waals surface area (Å²) in [6.45, 7) is 1.46. The van der Waals surface area contributed by atoms with E-state index in [0.717, 1.165) is 10.6 Å². The monoisotopic (exact) mass is 301 g/mol. The van der Waals surface area contributed by atoms with Crippen LogP contribution in [0.15, 0.2) is 53.6 Å². The Labute approximate surface area is 127 Å². The van der Waals surface area contributed by atoms with Crippen molar-refractivity contribution in [1.29, 1.82) is 0 Å². The smallest absolute Gasteiger partial charge is 0.235 e. The number of rotatable bonds is 5. The Balaban J connectivity index is 1.82. The van der Waals surface area contributed by atoms with Crippen molar-refractivity contribution in [3.63, 3.8) is 0 Å². The molecule has 2 aromatic rings. The molecule has 2 rings (SSSR count). The molecule has 0 bridgehead atoms. The molecule has 0 atom stereocenters. The van der Waals surface area contributed by atoms with Crippen LogP contribution in [0.2, 0.25) is 0 Å². The van der Waals surface area contributed by atoms with Crippen LogP contribution in [-0.4, -0.2) is 22.6 Å². The maximum absolute atomic E-state index is 11.8. The molecule has 0 aliphatic carbocycles. The first-order valence-electron chi connectivity index (χ1n) is 6.35. The van der Waals surface area contributed by atoms with Crippen LogP contribution in [0.25, 0.3) is 0 Å². The van der Waals surface area contributed by atoms with Gasteiger partial charge in [0.1, 0.15) is 5.82 Å². The Morgan fingerprint density at radius 2 is 1.86 bits per heavy atom. The Bertz CT molecular complexity index is 615. The molecule has 1 aromatic carbocycles. The van der Waals surface area contributed by atoms with Crippen LogP contribution in [0.3, 0.4) is 0 Å². The number of hydrogen-bond donors (Lipinski definition) is 2. The van der Waals surface area contributed by atoms with Gasteiger partial charge in [-0.05, 0) is 36.4 Å². The summed E-state index contributed by atoms with van der Waals surface area (Å²) in [6.07, 6.45) is 1.63. The molecule has 21 heavy (non-hydrogen) atoms. The quantitative estimate of drug-likeness (QED) is 0.833. The second kappa shape index (κ2) is 7.44. The van der Waals surface area contributed by atoms with Crippen LogP contribution in [0.4, 0.5) is 11.5 Å². The Morgan fingerprint density at radius 1 is 1.10 bits per heavy atom. The molecule has 108 valence electrons. The van der Waals surface area contributed by atoms with Gasteiger partial charge in [-0.25, -0.2) is 4.98 Å². The van der Waals surface area contributed by atoms with E-state index in [-0.39, 0.29) is 11.8 Å². The fourth-order valence-corrected chi connectivity index (χ4v) is 2.30. The average molecular weight is 301 g/mol. The number of hydrogen-bond acceptors (Lipinski definition) is 4. The second-order valence-corrected chi connectivity index (χ2v) is 5.31. The number of anilines is 2. The molecular formula is C15H15N3O2S. The van der Waals surface area contributed by atoms with Crippen LogP contribution in [-0.2, 0) is 9.59 Å². The molecule has 6 heteroatoms. The van der Waals surface area contributed by atoms with Gasteiger partial charge < -0.3 is 10.6 Å². The number of benzene rings is 1. The molecule has 0 fully saturated rings. The van der Waals surface area contributed by atoms with E-state index in [1.54, 1.807) is 30.5 Å². The molecule has 0 unspecified atom stereocenters. The number of nitrogens with one attached hydrogen (secondary N) is 2. The highest BCUT2D eigenvalue weighted by Gasteiger charge is 2.04. The van der Waals surface area contributed by atoms with Crippen molar-refractivity contribution < 1.29 is 9.59 Å². The van der Waals surface area contributed by atoms with Crippen LogP contribution >= 0.6 is 11.8 Å². The van der Waals surface area contributed by atoms with Crippen molar-refractivity contribution in [2.75, 3.05) is 16.4 Å². The standard InChI is InChI=1S/C15H15N3O2S/c1-11(19)17-12-5-7-13(8-6-12)21-10-15(20)18-14-4-2-3-9-16-14/h2-9H,10H2,1H3,(H,17,19)(H,16,18,20). The predicted molar refractivity (Wildman–Crippen MR) is 84.3 cm³/mol. The Morgan fingerprint density at radius 3 is 2.48 bits per heavy atom. The van der Waals surface area contributed by atoms with E-state index in [1.807, 2.05) is 18.2 Å². The third kappa shape index (κ3) is 5.27. The van der Waals surface area contributed by atoms with Gasteiger partial charge in [0.05, 0.1) is 5.75 Å². The van der Waals surface area contributed by atoms with Gasteiger partial charge in [0, 0.05) is 23.7 Å². The lowest BCUT2D eigenvalue weighted by Gasteiger charge is -2.05. The summed E-state index contributed by atoms with van der Waals surface area (Å²) in [6, 6.07) is 12.7. The lowest BCUT2D eigenvalue weighted by Crippen LogP contribution is -2.14. The maximum atomic E-state index is 11.8. The van der Waals surface area contributed by atoms with Gasteiger partial charge in [-0.2, -0.15) is 0 Å². The highest BCUT2D eigenvalue weighted by atomic mass is 32.2. The van der Waals surface area contributed by atoms with Gasteiger partial charge in [-0.1, -0.05) is 6.07 Å². The zero-order chi connectivity index (χ0) is 15.1. The summed E-state index contributed by atoms with van der Waals surface area (Å²) >= 11 is 1.42. The van der Waals surface area contributed by atoms with Crippen LogP contribution < -0.4 is 10.6 Å². The minimum Gasteiger partial charge on any atom is -0.326 e. The van der Waals surface area contributed by atoms with Crippen LogP contribution in [0.5, 0.6) is 0 Å². The van der Waals surface area contributed by atoms with E-state index in [9.17, 15) is 9.59 Å². The van der Waals surface area contributed by atoms with Gasteiger partial charge in [0.25, 0.3) is 0 Å². The number of carbonyl (C=O) groups is 2. The van der Waals surface area contributed by atoms with Crippen LogP contribution in [0.1, 0.15) is 6.92 Å². The Kier molecular flexibility index (Phi) is 5.34. The highest BCUT2D eigenvalue weighted by molar-refractivity contribution is 8.00. The molecule has 5 nitrogen and oxygen atoms in total. The molecule has 0 aliphatic rings. The fourth-order valence-electron chi connectivity index (χ4n) is 1.60. The van der Waals surface area contributed by atoms with Gasteiger partial charge in [0.15, 0.2) is 0 Å². The molecule has 1 aromatic heterocycles. The van der Waals surface area contributed by atoms with E-state index in [1.165, 1.54) is 18.7 Å². The molecule has 0 spiro atoms. The maximum Gasteiger partial charge on any atom is 0.235 e. The normalized spacial score (nSPS) is 9.95. The zero-order valence-electron chi connectivity index (χ0n) is 11.5. The first kappa shape index (κ1) is 15.1. The van der Waals surface area contributed by atoms with E-state index in [4.69, 9.17) is 0 Å². The van der Waals surface area contributed by atoms with Crippen molar-refractivity contribution >= 4 is 35.1 Å². The van der Waals surface area contributed by atoms with Crippen molar-refractivity contribution in [3.8, 4) is 0 Å². The highest BCUT2D eigenvalue weighted by Crippen LogP contribution is 2.20. The number of nitrogens with zero attached hydrogens (tertiary/aromatic N) is 1.